The lowest BCUT2D eigenvalue weighted by Gasteiger charge is -2.24. The summed E-state index contributed by atoms with van der Waals surface area (Å²) in [5, 5.41) is 34.1. The quantitative estimate of drug-likeness (QED) is 0.0483. The second-order valence-electron chi connectivity index (χ2n) is 7.47. The maximum atomic E-state index is 12.9. The van der Waals surface area contributed by atoms with Crippen LogP contribution in [0, 0.1) is 0 Å². The van der Waals surface area contributed by atoms with Crippen LogP contribution < -0.4 is 33.2 Å². The summed E-state index contributed by atoms with van der Waals surface area (Å²) in [4.78, 5) is 63.7. The average Bonchev–Trinajstić information content (AvgIpc) is 2.79. The lowest BCUT2D eigenvalue weighted by molar-refractivity contribution is -0.143. The number of amides is 3. The summed E-state index contributed by atoms with van der Waals surface area (Å²) in [7, 11) is 0. The lowest BCUT2D eigenvalue weighted by atomic mass is 10.1. The van der Waals surface area contributed by atoms with Crippen LogP contribution in [0.4, 0.5) is 0 Å². The zero-order valence-electron chi connectivity index (χ0n) is 19.4. The lowest BCUT2D eigenvalue weighted by Crippen LogP contribution is -2.57. The van der Waals surface area contributed by atoms with Crippen molar-refractivity contribution in [3.63, 3.8) is 0 Å². The molecule has 0 saturated heterocycles. The molecule has 0 aromatic rings. The van der Waals surface area contributed by atoms with Crippen LogP contribution >= 0.6 is 11.8 Å². The van der Waals surface area contributed by atoms with Gasteiger partial charge in [-0.2, -0.15) is 11.8 Å². The number of aliphatic imine (C=N–C) groups is 1. The summed E-state index contributed by atoms with van der Waals surface area (Å²) in [6, 6.07) is -5.11. The van der Waals surface area contributed by atoms with Crippen molar-refractivity contribution in [2.45, 2.75) is 56.3 Å². The first kappa shape index (κ1) is 31.9. The Morgan fingerprint density at radius 1 is 0.886 bits per heavy atom. The summed E-state index contributed by atoms with van der Waals surface area (Å²) >= 11 is 1.37. The number of hydrogen-bond acceptors (Lipinski definition) is 9. The van der Waals surface area contributed by atoms with Gasteiger partial charge in [0.2, 0.25) is 17.7 Å². The van der Waals surface area contributed by atoms with Crippen molar-refractivity contribution in [1.29, 1.82) is 0 Å². The standard InChI is InChI=1S/C19H35N7O8S/c1-35-8-6-12(17(32)26-13(9-27)18(33)34)25-16(31)11(4-5-14(28)29)24-15(30)10(20)3-2-7-23-19(21)22/h10-13,27H,2-9,20H2,1H3,(H,24,30)(H,25,31)(H,26,32)(H,28,29)(H,33,34)(H4,21,22,23). The Labute approximate surface area is 206 Å². The van der Waals surface area contributed by atoms with E-state index in [1.165, 1.54) is 11.8 Å². The number of hydrogen-bond donors (Lipinski definition) is 9. The van der Waals surface area contributed by atoms with Gasteiger partial charge in [-0.25, -0.2) is 4.79 Å². The van der Waals surface area contributed by atoms with E-state index in [9.17, 15) is 24.0 Å². The molecule has 200 valence electrons. The smallest absolute Gasteiger partial charge is 0.328 e. The van der Waals surface area contributed by atoms with E-state index in [2.05, 4.69) is 20.9 Å². The fourth-order valence-corrected chi connectivity index (χ4v) is 3.17. The van der Waals surface area contributed by atoms with E-state index < -0.39 is 66.9 Å². The van der Waals surface area contributed by atoms with Crippen LogP contribution in [-0.4, -0.2) is 100 Å². The molecule has 0 heterocycles. The van der Waals surface area contributed by atoms with Crippen LogP contribution in [0.3, 0.4) is 0 Å². The number of rotatable bonds is 18. The van der Waals surface area contributed by atoms with E-state index in [-0.39, 0.29) is 31.8 Å². The number of aliphatic carboxylic acids is 2. The molecule has 0 rings (SSSR count). The Balaban J connectivity index is 5.35. The molecule has 16 heteroatoms. The summed E-state index contributed by atoms with van der Waals surface area (Å²) in [5.41, 5.74) is 16.3. The molecule has 0 aliphatic rings. The van der Waals surface area contributed by atoms with Crippen molar-refractivity contribution in [3.05, 3.63) is 0 Å². The normalized spacial score (nSPS) is 14.0. The van der Waals surface area contributed by atoms with E-state index in [1.807, 2.05) is 0 Å². The maximum absolute atomic E-state index is 12.9. The molecule has 35 heavy (non-hydrogen) atoms. The third-order valence-electron chi connectivity index (χ3n) is 4.63. The van der Waals surface area contributed by atoms with Gasteiger partial charge in [0.05, 0.1) is 12.6 Å². The summed E-state index contributed by atoms with van der Waals surface area (Å²) in [5.74, 6) is -4.77. The minimum absolute atomic E-state index is 0.109. The van der Waals surface area contributed by atoms with E-state index in [1.54, 1.807) is 6.26 Å². The van der Waals surface area contributed by atoms with Crippen LogP contribution in [0.25, 0.3) is 0 Å². The van der Waals surface area contributed by atoms with Crippen molar-refractivity contribution in [1.82, 2.24) is 16.0 Å². The van der Waals surface area contributed by atoms with Gasteiger partial charge < -0.3 is 48.5 Å². The van der Waals surface area contributed by atoms with Crippen LogP contribution in [0.15, 0.2) is 4.99 Å². The number of nitrogens with one attached hydrogen (secondary N) is 3. The average molecular weight is 522 g/mol. The van der Waals surface area contributed by atoms with Crippen molar-refractivity contribution in [2.75, 3.05) is 25.2 Å². The van der Waals surface area contributed by atoms with Gasteiger partial charge in [-0.05, 0) is 37.7 Å². The fourth-order valence-electron chi connectivity index (χ4n) is 2.70. The Morgan fingerprint density at radius 2 is 1.43 bits per heavy atom. The largest absolute Gasteiger partial charge is 0.481 e. The molecule has 0 saturated carbocycles. The van der Waals surface area contributed by atoms with E-state index in [0.717, 1.165) is 0 Å². The van der Waals surface area contributed by atoms with Crippen LogP contribution in [0.5, 0.6) is 0 Å². The van der Waals surface area contributed by atoms with Gasteiger partial charge in [0.1, 0.15) is 18.1 Å². The van der Waals surface area contributed by atoms with Crippen molar-refractivity contribution in [3.8, 4) is 0 Å². The number of carbonyl (C=O) groups is 5. The minimum atomic E-state index is -1.57. The topological polar surface area (TPSA) is 273 Å². The fraction of sp³-hybridized carbons (Fsp3) is 0.684. The van der Waals surface area contributed by atoms with Crippen molar-refractivity contribution >= 4 is 47.4 Å². The summed E-state index contributed by atoms with van der Waals surface area (Å²) in [6.45, 7) is -0.619. The minimum Gasteiger partial charge on any atom is -0.481 e. The molecule has 0 aromatic carbocycles. The van der Waals surface area contributed by atoms with Gasteiger partial charge in [-0.15, -0.1) is 0 Å². The second kappa shape index (κ2) is 17.3. The number of carboxylic acid groups (broad SMARTS) is 2. The number of carbonyl (C=O) groups excluding carboxylic acids is 3. The van der Waals surface area contributed by atoms with Gasteiger partial charge in [0, 0.05) is 13.0 Å². The van der Waals surface area contributed by atoms with E-state index in [4.69, 9.17) is 32.5 Å². The number of guanidine groups is 1. The number of nitrogens with two attached hydrogens (primary N) is 3. The monoisotopic (exact) mass is 521 g/mol. The van der Waals surface area contributed by atoms with Gasteiger partial charge >= 0.3 is 11.9 Å². The Hall–Kier alpha value is -3.11. The molecule has 0 aliphatic carbocycles. The Kier molecular flexibility index (Phi) is 15.8. The van der Waals surface area contributed by atoms with Gasteiger partial charge in [-0.1, -0.05) is 0 Å². The molecule has 0 radical (unpaired) electrons. The van der Waals surface area contributed by atoms with Gasteiger partial charge in [0.25, 0.3) is 0 Å². The molecule has 4 atom stereocenters. The number of carboxylic acids is 2. The molecule has 0 fully saturated rings. The number of aliphatic hydroxyl groups excluding tert-OH is 1. The number of aliphatic hydroxyl groups is 1. The Bertz CT molecular complexity index is 763. The van der Waals surface area contributed by atoms with Crippen molar-refractivity contribution < 1.29 is 39.3 Å². The molecule has 0 spiro atoms. The van der Waals surface area contributed by atoms with E-state index >= 15 is 0 Å². The first-order chi connectivity index (χ1) is 16.4. The highest BCUT2D eigenvalue weighted by Crippen LogP contribution is 2.06. The van der Waals surface area contributed by atoms with Crippen LogP contribution in [-0.2, 0) is 24.0 Å². The predicted molar refractivity (Wildman–Crippen MR) is 128 cm³/mol. The summed E-state index contributed by atoms with van der Waals surface area (Å²) < 4.78 is 0. The molecular weight excluding hydrogens is 486 g/mol. The highest BCUT2D eigenvalue weighted by Gasteiger charge is 2.30. The molecule has 0 bridgehead atoms. The highest BCUT2D eigenvalue weighted by molar-refractivity contribution is 7.98. The first-order valence-corrected chi connectivity index (χ1v) is 12.1. The van der Waals surface area contributed by atoms with Crippen LogP contribution in [0.2, 0.25) is 0 Å². The zero-order valence-corrected chi connectivity index (χ0v) is 20.3. The number of thioether (sulfide) groups is 1. The van der Waals surface area contributed by atoms with Gasteiger partial charge in [-0.3, -0.25) is 24.2 Å². The predicted octanol–water partition coefficient (Wildman–Crippen LogP) is -3.48. The summed E-state index contributed by atoms with van der Waals surface area (Å²) in [6.07, 6.45) is 1.71. The van der Waals surface area contributed by atoms with Crippen molar-refractivity contribution in [2.24, 2.45) is 22.2 Å². The molecule has 15 nitrogen and oxygen atoms in total. The molecule has 0 aliphatic heterocycles. The number of nitrogens with zero attached hydrogens (tertiary/aromatic N) is 1. The highest BCUT2D eigenvalue weighted by atomic mass is 32.2. The molecule has 12 N–H and O–H groups in total. The maximum Gasteiger partial charge on any atom is 0.328 e. The Morgan fingerprint density at radius 3 is 1.91 bits per heavy atom. The third kappa shape index (κ3) is 14.0. The zero-order chi connectivity index (χ0) is 27.0. The molecule has 4 unspecified atom stereocenters. The molecule has 3 amide bonds. The third-order valence-corrected chi connectivity index (χ3v) is 5.27. The van der Waals surface area contributed by atoms with Gasteiger partial charge in [0.15, 0.2) is 5.96 Å². The van der Waals surface area contributed by atoms with Crippen LogP contribution in [0.1, 0.15) is 32.1 Å². The molecular formula is C19H35N7O8S. The SMILES string of the molecule is CSCCC(NC(=O)C(CCC(=O)O)NC(=O)C(N)CCCN=C(N)N)C(=O)NC(CO)C(=O)O. The molecule has 0 aromatic heterocycles. The second-order valence-corrected chi connectivity index (χ2v) is 8.46. The van der Waals surface area contributed by atoms with E-state index in [0.29, 0.717) is 12.2 Å². The first-order valence-electron chi connectivity index (χ1n) is 10.7.